The summed E-state index contributed by atoms with van der Waals surface area (Å²) in [4.78, 5) is 22.8. The fourth-order valence-corrected chi connectivity index (χ4v) is 4.37. The first-order chi connectivity index (χ1) is 13.2. The van der Waals surface area contributed by atoms with E-state index < -0.39 is 0 Å². The number of unbranched alkanes of at least 4 members (excludes halogenated alkanes) is 1. The molecule has 1 amide bonds. The van der Waals surface area contributed by atoms with Crippen LogP contribution in [0.15, 0.2) is 30.3 Å². The van der Waals surface area contributed by atoms with Gasteiger partial charge in [-0.1, -0.05) is 37.3 Å². The number of nitrogens with one attached hydrogen (secondary N) is 1. The third-order valence-corrected chi connectivity index (χ3v) is 6.33. The van der Waals surface area contributed by atoms with E-state index in [2.05, 4.69) is 27.0 Å². The summed E-state index contributed by atoms with van der Waals surface area (Å²) in [7, 11) is 0. The molecule has 2 aromatic rings. The lowest BCUT2D eigenvalue weighted by Crippen LogP contribution is -2.46. The molecule has 0 bridgehead atoms. The number of carbonyl (C=O) groups excluding carboxylic acids is 1. The minimum atomic E-state index is 0.00346. The molecule has 2 heterocycles. The largest absolute Gasteiger partial charge is 0.351 e. The first-order valence-corrected chi connectivity index (χ1v) is 10.7. The van der Waals surface area contributed by atoms with E-state index >= 15 is 0 Å². The number of hydrogen-bond acceptors (Lipinski definition) is 5. The quantitative estimate of drug-likeness (QED) is 0.708. The molecule has 0 spiro atoms. The summed E-state index contributed by atoms with van der Waals surface area (Å²) in [5.41, 5.74) is 1.87. The summed E-state index contributed by atoms with van der Waals surface area (Å²) in [5.74, 6) is 0.00346. The Morgan fingerprint density at radius 2 is 1.81 bits per heavy atom. The Hall–Kier alpha value is -1.76. The topological polar surface area (TPSA) is 48.5 Å². The maximum atomic E-state index is 12.5. The van der Waals surface area contributed by atoms with Crippen molar-refractivity contribution in [1.29, 1.82) is 0 Å². The molecule has 1 N–H and O–H groups in total. The Labute approximate surface area is 166 Å². The smallest absolute Gasteiger partial charge is 0.263 e. The van der Waals surface area contributed by atoms with Gasteiger partial charge < -0.3 is 15.1 Å². The van der Waals surface area contributed by atoms with Crippen LogP contribution in [-0.4, -0.2) is 66.5 Å². The van der Waals surface area contributed by atoms with Gasteiger partial charge in [-0.2, -0.15) is 0 Å². The number of aryl methyl sites for hydroxylation is 1. The number of benzene rings is 1. The van der Waals surface area contributed by atoms with Crippen molar-refractivity contribution in [1.82, 2.24) is 20.1 Å². The summed E-state index contributed by atoms with van der Waals surface area (Å²) in [6.07, 6.45) is 2.15. The minimum absolute atomic E-state index is 0.00346. The summed E-state index contributed by atoms with van der Waals surface area (Å²) in [6.45, 7) is 11.9. The fraction of sp³-hybridized carbons (Fsp3) is 0.524. The van der Waals surface area contributed by atoms with E-state index in [0.717, 1.165) is 53.6 Å². The minimum Gasteiger partial charge on any atom is -0.351 e. The molecule has 1 aliphatic heterocycles. The lowest BCUT2D eigenvalue weighted by molar-refractivity contribution is 0.0955. The molecule has 0 saturated carbocycles. The monoisotopic (exact) mass is 386 g/mol. The number of thiazole rings is 1. The van der Waals surface area contributed by atoms with Crippen LogP contribution < -0.4 is 5.32 Å². The summed E-state index contributed by atoms with van der Waals surface area (Å²) in [5, 5.41) is 3.97. The highest BCUT2D eigenvalue weighted by molar-refractivity contribution is 7.17. The Morgan fingerprint density at radius 3 is 2.52 bits per heavy atom. The number of nitrogens with zero attached hydrogens (tertiary/aromatic N) is 3. The van der Waals surface area contributed by atoms with E-state index in [-0.39, 0.29) is 5.91 Å². The Bertz CT molecular complexity index is 723. The molecule has 0 radical (unpaired) electrons. The van der Waals surface area contributed by atoms with Gasteiger partial charge in [0.1, 0.15) is 9.88 Å². The second-order valence-corrected chi connectivity index (χ2v) is 8.04. The molecule has 0 aliphatic carbocycles. The van der Waals surface area contributed by atoms with E-state index in [4.69, 9.17) is 0 Å². The van der Waals surface area contributed by atoms with Crippen molar-refractivity contribution in [3.8, 4) is 10.6 Å². The number of aromatic nitrogens is 1. The molecule has 1 aliphatic rings. The van der Waals surface area contributed by atoms with Gasteiger partial charge in [-0.25, -0.2) is 4.98 Å². The van der Waals surface area contributed by atoms with Crippen LogP contribution in [0, 0.1) is 6.92 Å². The van der Waals surface area contributed by atoms with E-state index in [0.29, 0.717) is 0 Å². The highest BCUT2D eigenvalue weighted by Crippen LogP contribution is 2.27. The van der Waals surface area contributed by atoms with Gasteiger partial charge in [0, 0.05) is 38.3 Å². The SMILES string of the molecule is CCN1CCN(CCCCNC(=O)c2sc(-c3ccccc3)nc2C)CC1. The summed E-state index contributed by atoms with van der Waals surface area (Å²) >= 11 is 1.47. The number of hydrogen-bond donors (Lipinski definition) is 1. The predicted molar refractivity (Wildman–Crippen MR) is 112 cm³/mol. The molecule has 146 valence electrons. The maximum Gasteiger partial charge on any atom is 0.263 e. The van der Waals surface area contributed by atoms with Crippen molar-refractivity contribution in [2.75, 3.05) is 45.8 Å². The number of carbonyl (C=O) groups is 1. The molecular formula is C21H30N4OS. The highest BCUT2D eigenvalue weighted by Gasteiger charge is 2.16. The molecule has 5 nitrogen and oxygen atoms in total. The van der Waals surface area contributed by atoms with Crippen LogP contribution in [0.3, 0.4) is 0 Å². The second-order valence-electron chi connectivity index (χ2n) is 7.04. The van der Waals surface area contributed by atoms with Crippen LogP contribution >= 0.6 is 11.3 Å². The molecule has 6 heteroatoms. The molecule has 1 aromatic heterocycles. The Balaban J connectivity index is 1.39. The molecule has 0 unspecified atom stereocenters. The molecule has 3 rings (SSSR count). The van der Waals surface area contributed by atoms with Crippen LogP contribution in [0.25, 0.3) is 10.6 Å². The van der Waals surface area contributed by atoms with E-state index in [1.807, 2.05) is 37.3 Å². The highest BCUT2D eigenvalue weighted by atomic mass is 32.1. The van der Waals surface area contributed by atoms with Crippen molar-refractivity contribution in [3.63, 3.8) is 0 Å². The number of likely N-dealkylation sites (N-methyl/N-ethyl adjacent to an activating group) is 1. The Kier molecular flexibility index (Phi) is 7.38. The average Bonchev–Trinajstić information content (AvgIpc) is 3.10. The van der Waals surface area contributed by atoms with E-state index in [9.17, 15) is 4.79 Å². The molecule has 27 heavy (non-hydrogen) atoms. The molecule has 1 saturated heterocycles. The lowest BCUT2D eigenvalue weighted by Gasteiger charge is -2.33. The normalized spacial score (nSPS) is 15.8. The third-order valence-electron chi connectivity index (χ3n) is 5.12. The molecule has 1 fully saturated rings. The Morgan fingerprint density at radius 1 is 1.11 bits per heavy atom. The summed E-state index contributed by atoms with van der Waals surface area (Å²) in [6, 6.07) is 10.0. The predicted octanol–water partition coefficient (Wildman–Crippen LogP) is 3.27. The van der Waals surface area contributed by atoms with Gasteiger partial charge in [-0.05, 0) is 32.9 Å². The van der Waals surface area contributed by atoms with Gasteiger partial charge in [-0.15, -0.1) is 11.3 Å². The fourth-order valence-electron chi connectivity index (χ4n) is 3.38. The van der Waals surface area contributed by atoms with Crippen LogP contribution in [0.2, 0.25) is 0 Å². The van der Waals surface area contributed by atoms with Gasteiger partial charge in [0.15, 0.2) is 0 Å². The van der Waals surface area contributed by atoms with Gasteiger partial charge in [0.2, 0.25) is 0 Å². The third kappa shape index (κ3) is 5.61. The molecule has 1 aromatic carbocycles. The van der Waals surface area contributed by atoms with Crippen molar-refractivity contribution in [3.05, 3.63) is 40.9 Å². The first kappa shape index (κ1) is 20.0. The number of amides is 1. The van der Waals surface area contributed by atoms with Crippen LogP contribution in [0.4, 0.5) is 0 Å². The average molecular weight is 387 g/mol. The van der Waals surface area contributed by atoms with Gasteiger partial charge in [-0.3, -0.25) is 4.79 Å². The van der Waals surface area contributed by atoms with Crippen molar-refractivity contribution in [2.24, 2.45) is 0 Å². The second kappa shape index (κ2) is 9.97. The zero-order valence-electron chi connectivity index (χ0n) is 16.4. The first-order valence-electron chi connectivity index (χ1n) is 9.93. The number of piperazine rings is 1. The van der Waals surface area contributed by atoms with Crippen molar-refractivity contribution < 1.29 is 4.79 Å². The molecular weight excluding hydrogens is 356 g/mol. The zero-order valence-corrected chi connectivity index (χ0v) is 17.2. The maximum absolute atomic E-state index is 12.5. The molecule has 0 atom stereocenters. The van der Waals surface area contributed by atoms with E-state index in [1.165, 1.54) is 37.5 Å². The lowest BCUT2D eigenvalue weighted by atomic mass is 10.2. The zero-order chi connectivity index (χ0) is 19.1. The standard InChI is InChI=1S/C21H30N4OS/c1-3-24-13-15-25(16-14-24)12-8-7-11-22-20(26)19-17(2)23-21(27-19)18-9-5-4-6-10-18/h4-6,9-10H,3,7-8,11-16H2,1-2H3,(H,22,26). The number of rotatable bonds is 8. The van der Waals surface area contributed by atoms with Gasteiger partial charge in [0.05, 0.1) is 5.69 Å². The summed E-state index contributed by atoms with van der Waals surface area (Å²) < 4.78 is 0. The van der Waals surface area contributed by atoms with Crippen LogP contribution in [-0.2, 0) is 0 Å². The van der Waals surface area contributed by atoms with E-state index in [1.54, 1.807) is 0 Å². The van der Waals surface area contributed by atoms with Gasteiger partial charge in [0.25, 0.3) is 5.91 Å². The van der Waals surface area contributed by atoms with Crippen molar-refractivity contribution in [2.45, 2.75) is 26.7 Å². The van der Waals surface area contributed by atoms with Crippen LogP contribution in [0.5, 0.6) is 0 Å². The van der Waals surface area contributed by atoms with Gasteiger partial charge >= 0.3 is 0 Å². The van der Waals surface area contributed by atoms with Crippen molar-refractivity contribution >= 4 is 17.2 Å². The van der Waals surface area contributed by atoms with Crippen LogP contribution in [0.1, 0.15) is 35.1 Å².